The minimum Gasteiger partial charge on any atom is -0.365 e. The highest BCUT2D eigenvalue weighted by Crippen LogP contribution is 2.29. The van der Waals surface area contributed by atoms with Crippen LogP contribution in [0.5, 0.6) is 0 Å². The van der Waals surface area contributed by atoms with Gasteiger partial charge in [0.15, 0.2) is 0 Å². The van der Waals surface area contributed by atoms with Crippen molar-refractivity contribution in [3.05, 3.63) is 81.8 Å². The fourth-order valence-electron chi connectivity index (χ4n) is 4.51. The van der Waals surface area contributed by atoms with Gasteiger partial charge in [0.25, 0.3) is 6.43 Å². The van der Waals surface area contributed by atoms with Gasteiger partial charge in [0, 0.05) is 55.7 Å². The molecule has 1 unspecified atom stereocenters. The zero-order valence-electron chi connectivity index (χ0n) is 21.1. The van der Waals surface area contributed by atoms with Crippen LogP contribution in [0.4, 0.5) is 19.0 Å². The van der Waals surface area contributed by atoms with Crippen LogP contribution in [0.1, 0.15) is 40.4 Å². The Labute approximate surface area is 224 Å². The molecule has 4 heterocycles. The predicted octanol–water partition coefficient (Wildman–Crippen LogP) is 4.29. The minimum absolute atomic E-state index is 0.00852. The fraction of sp³-hybridized carbons (Fsp3) is 0.385. The third kappa shape index (κ3) is 6.58. The lowest BCUT2D eigenvalue weighted by molar-refractivity contribution is -0.118. The number of hydrogen-bond acceptors (Lipinski definition) is 7. The van der Waals surface area contributed by atoms with Crippen molar-refractivity contribution < 1.29 is 18.0 Å². The van der Waals surface area contributed by atoms with E-state index in [9.17, 15) is 18.0 Å². The Bertz CT molecular complexity index is 1250. The second-order valence-corrected chi connectivity index (χ2v) is 9.63. The van der Waals surface area contributed by atoms with Gasteiger partial charge < -0.3 is 15.1 Å². The molecule has 2 aliphatic rings. The standard InChI is InChI=1S/C15H12ClF3N4O.C11H17N3/c16-15-21-11-6-23(7-24)5-10(11)14(22-15)20-4-8-2-1-3-9(12(8)17)13(18)19;1-13-7-8-14(2)11(9-13)10-3-5-12-6-4-10/h1-3,7,13H,4-6H2,(H,20,21,22);3-6,11H,7-9H2,1-2H3. The highest BCUT2D eigenvalue weighted by atomic mass is 35.5. The van der Waals surface area contributed by atoms with Crippen molar-refractivity contribution in [2.24, 2.45) is 0 Å². The summed E-state index contributed by atoms with van der Waals surface area (Å²) in [6.07, 6.45) is 1.55. The normalized spacial score (nSPS) is 17.7. The molecule has 12 heteroatoms. The Morgan fingerprint density at radius 3 is 2.61 bits per heavy atom. The smallest absolute Gasteiger partial charge is 0.266 e. The maximum Gasteiger partial charge on any atom is 0.266 e. The largest absolute Gasteiger partial charge is 0.365 e. The second kappa shape index (κ2) is 12.5. The van der Waals surface area contributed by atoms with Gasteiger partial charge >= 0.3 is 0 Å². The second-order valence-electron chi connectivity index (χ2n) is 9.29. The van der Waals surface area contributed by atoms with E-state index in [-0.39, 0.29) is 17.4 Å². The number of carbonyl (C=O) groups excluding carboxylic acids is 1. The number of carbonyl (C=O) groups is 1. The van der Waals surface area contributed by atoms with Crippen molar-refractivity contribution in [3.8, 4) is 0 Å². The average Bonchev–Trinajstić information content (AvgIpc) is 3.33. The molecule has 2 aliphatic heterocycles. The third-order valence-electron chi connectivity index (χ3n) is 6.66. The molecular formula is C26H29ClF3N7O. The molecule has 202 valence electrons. The van der Waals surface area contributed by atoms with Gasteiger partial charge in [-0.05, 0) is 43.4 Å². The zero-order chi connectivity index (χ0) is 27.2. The number of fused-ring (bicyclic) bond motifs is 1. The Kier molecular flexibility index (Phi) is 9.13. The van der Waals surface area contributed by atoms with Crippen molar-refractivity contribution in [2.75, 3.05) is 39.0 Å². The third-order valence-corrected chi connectivity index (χ3v) is 6.83. The maximum absolute atomic E-state index is 14.1. The number of aromatic nitrogens is 3. The molecule has 1 atom stereocenters. The van der Waals surface area contributed by atoms with Crippen LogP contribution in [-0.4, -0.2) is 69.8 Å². The minimum atomic E-state index is -2.89. The van der Waals surface area contributed by atoms with E-state index in [1.807, 2.05) is 12.4 Å². The number of halogens is 4. The Hall–Kier alpha value is -3.28. The summed E-state index contributed by atoms with van der Waals surface area (Å²) in [5.41, 5.74) is 2.09. The van der Waals surface area contributed by atoms with Crippen molar-refractivity contribution in [2.45, 2.75) is 32.1 Å². The lowest BCUT2D eigenvalue weighted by Gasteiger charge is -2.37. The molecule has 8 nitrogen and oxygen atoms in total. The van der Waals surface area contributed by atoms with Crippen LogP contribution >= 0.6 is 11.6 Å². The number of pyridine rings is 1. The van der Waals surface area contributed by atoms with E-state index in [4.69, 9.17) is 11.6 Å². The summed E-state index contributed by atoms with van der Waals surface area (Å²) >= 11 is 5.86. The molecule has 1 fully saturated rings. The van der Waals surface area contributed by atoms with Gasteiger partial charge in [-0.15, -0.1) is 0 Å². The van der Waals surface area contributed by atoms with Gasteiger partial charge in [-0.1, -0.05) is 18.2 Å². The van der Waals surface area contributed by atoms with E-state index in [2.05, 4.69) is 56.3 Å². The van der Waals surface area contributed by atoms with E-state index >= 15 is 0 Å². The van der Waals surface area contributed by atoms with E-state index < -0.39 is 17.8 Å². The lowest BCUT2D eigenvalue weighted by Crippen LogP contribution is -2.44. The van der Waals surface area contributed by atoms with Gasteiger partial charge in [-0.2, -0.15) is 0 Å². The summed E-state index contributed by atoms with van der Waals surface area (Å²) in [5.74, 6) is -0.595. The van der Waals surface area contributed by atoms with Crippen molar-refractivity contribution in [1.82, 2.24) is 29.7 Å². The number of nitrogens with one attached hydrogen (secondary N) is 1. The molecule has 5 rings (SSSR count). The molecular weight excluding hydrogens is 519 g/mol. The lowest BCUT2D eigenvalue weighted by atomic mass is 10.1. The molecule has 0 spiro atoms. The molecule has 0 aliphatic carbocycles. The molecule has 38 heavy (non-hydrogen) atoms. The van der Waals surface area contributed by atoms with Crippen molar-refractivity contribution in [3.63, 3.8) is 0 Å². The highest BCUT2D eigenvalue weighted by Gasteiger charge is 2.25. The van der Waals surface area contributed by atoms with E-state index in [0.29, 0.717) is 42.6 Å². The van der Waals surface area contributed by atoms with Crippen molar-refractivity contribution in [1.29, 1.82) is 0 Å². The molecule has 1 N–H and O–H groups in total. The summed E-state index contributed by atoms with van der Waals surface area (Å²) in [5, 5.41) is 2.88. The first-order valence-electron chi connectivity index (χ1n) is 12.1. The SMILES string of the molecule is CN1CCN(C)C(c2ccncc2)C1.O=CN1Cc2nc(Cl)nc(NCc3cccc(C(F)F)c3F)c2C1. The first kappa shape index (κ1) is 27.7. The summed E-state index contributed by atoms with van der Waals surface area (Å²) in [4.78, 5) is 29.3. The van der Waals surface area contributed by atoms with Gasteiger partial charge in [-0.3, -0.25) is 14.7 Å². The number of likely N-dealkylation sites (N-methyl/N-ethyl adjacent to an activating group) is 2. The summed E-state index contributed by atoms with van der Waals surface area (Å²) < 4.78 is 39.6. The van der Waals surface area contributed by atoms with Gasteiger partial charge in [0.05, 0.1) is 24.3 Å². The molecule has 1 saturated heterocycles. The number of amides is 1. The molecule has 0 saturated carbocycles. The maximum atomic E-state index is 14.1. The Balaban J connectivity index is 0.000000204. The topological polar surface area (TPSA) is 77.5 Å². The van der Waals surface area contributed by atoms with Gasteiger partial charge in [-0.25, -0.2) is 23.1 Å². The Morgan fingerprint density at radius 2 is 1.89 bits per heavy atom. The van der Waals surface area contributed by atoms with E-state index in [1.54, 1.807) is 0 Å². The summed E-state index contributed by atoms with van der Waals surface area (Å²) in [6.45, 7) is 3.98. The molecule has 3 aromatic rings. The van der Waals surface area contributed by atoms with E-state index in [1.165, 1.54) is 22.6 Å². The summed E-state index contributed by atoms with van der Waals surface area (Å²) in [6, 6.07) is 8.57. The van der Waals surface area contributed by atoms with Crippen LogP contribution in [-0.2, 0) is 24.4 Å². The first-order valence-corrected chi connectivity index (χ1v) is 12.5. The van der Waals surface area contributed by atoms with Crippen LogP contribution in [0.2, 0.25) is 5.28 Å². The average molecular weight is 548 g/mol. The van der Waals surface area contributed by atoms with Crippen LogP contribution in [0.3, 0.4) is 0 Å². The highest BCUT2D eigenvalue weighted by molar-refractivity contribution is 6.28. The zero-order valence-corrected chi connectivity index (χ0v) is 21.9. The predicted molar refractivity (Wildman–Crippen MR) is 138 cm³/mol. The molecule has 2 aromatic heterocycles. The number of hydrogen-bond donors (Lipinski definition) is 1. The number of alkyl halides is 2. The van der Waals surface area contributed by atoms with Gasteiger partial charge in [0.2, 0.25) is 11.7 Å². The quantitative estimate of drug-likeness (QED) is 0.364. The number of benzene rings is 1. The van der Waals surface area contributed by atoms with Crippen LogP contribution in [0.15, 0.2) is 42.7 Å². The fourth-order valence-corrected chi connectivity index (χ4v) is 4.70. The molecule has 1 aromatic carbocycles. The first-order chi connectivity index (χ1) is 18.3. The number of rotatable bonds is 6. The number of piperazine rings is 1. The summed E-state index contributed by atoms with van der Waals surface area (Å²) in [7, 11) is 4.37. The molecule has 0 radical (unpaired) electrons. The number of anilines is 1. The number of nitrogens with zero attached hydrogens (tertiary/aromatic N) is 6. The molecule has 0 bridgehead atoms. The van der Waals surface area contributed by atoms with Crippen molar-refractivity contribution >= 4 is 23.8 Å². The van der Waals surface area contributed by atoms with Crippen LogP contribution < -0.4 is 5.32 Å². The Morgan fingerprint density at radius 1 is 1.13 bits per heavy atom. The monoisotopic (exact) mass is 547 g/mol. The molecule has 1 amide bonds. The van der Waals surface area contributed by atoms with Crippen LogP contribution in [0, 0.1) is 5.82 Å². The van der Waals surface area contributed by atoms with Gasteiger partial charge in [0.1, 0.15) is 11.6 Å². The van der Waals surface area contributed by atoms with Crippen LogP contribution in [0.25, 0.3) is 0 Å². The van der Waals surface area contributed by atoms with E-state index in [0.717, 1.165) is 25.7 Å².